The molecule has 1 radical (unpaired) electrons. The fourth-order valence-electron chi connectivity index (χ4n) is 0.365. The Morgan fingerprint density at radius 1 is 1.86 bits per heavy atom. The van der Waals surface area contributed by atoms with Gasteiger partial charge in [-0.3, -0.25) is 5.10 Å². The third-order valence-corrected chi connectivity index (χ3v) is 0.693. The molecule has 3 N–H and O–H groups in total. The van der Waals surface area contributed by atoms with Crippen molar-refractivity contribution < 1.29 is 0 Å². The number of aromatic amines is 1. The first-order valence-corrected chi connectivity index (χ1v) is 1.98. The standard InChI is InChI=1S/C4H6N3/c5-3-4-1-2-6-7-4/h1-3H,5H2,(H,6,7). The highest BCUT2D eigenvalue weighted by atomic mass is 15.1. The predicted octanol–water partition coefficient (Wildman–Crippen LogP) is -0.122. The third kappa shape index (κ3) is 0.778. The van der Waals surface area contributed by atoms with Crippen LogP contribution in [0.5, 0.6) is 0 Å². The summed E-state index contributed by atoms with van der Waals surface area (Å²) >= 11 is 0. The van der Waals surface area contributed by atoms with Crippen LogP contribution in [-0.2, 0) is 0 Å². The molecule has 1 heterocycles. The summed E-state index contributed by atoms with van der Waals surface area (Å²) < 4.78 is 0. The summed E-state index contributed by atoms with van der Waals surface area (Å²) in [7, 11) is 0. The monoisotopic (exact) mass is 96.1 g/mol. The van der Waals surface area contributed by atoms with Crippen molar-refractivity contribution in [1.82, 2.24) is 10.2 Å². The molecule has 1 aromatic heterocycles. The van der Waals surface area contributed by atoms with Crippen molar-refractivity contribution in [1.29, 1.82) is 0 Å². The van der Waals surface area contributed by atoms with E-state index in [1.54, 1.807) is 12.3 Å². The Balaban J connectivity index is 2.76. The van der Waals surface area contributed by atoms with Crippen LogP contribution in [0, 0.1) is 6.54 Å². The zero-order valence-electron chi connectivity index (χ0n) is 3.76. The SMILES string of the molecule is N[CH]c1cc[nH]n1. The van der Waals surface area contributed by atoms with Crippen LogP contribution < -0.4 is 5.73 Å². The van der Waals surface area contributed by atoms with Crippen LogP contribution in [-0.4, -0.2) is 10.2 Å². The second kappa shape index (κ2) is 1.75. The molecule has 7 heavy (non-hydrogen) atoms. The van der Waals surface area contributed by atoms with E-state index in [0.717, 1.165) is 5.69 Å². The Hall–Kier alpha value is -0.830. The number of H-pyrrole nitrogens is 1. The lowest BCUT2D eigenvalue weighted by atomic mass is 10.5. The zero-order valence-corrected chi connectivity index (χ0v) is 3.76. The van der Waals surface area contributed by atoms with E-state index < -0.39 is 0 Å². The Bertz CT molecular complexity index is 121. The van der Waals surface area contributed by atoms with E-state index in [-0.39, 0.29) is 0 Å². The molecule has 0 aliphatic rings. The molecular formula is C4H6N3. The predicted molar refractivity (Wildman–Crippen MR) is 26.2 cm³/mol. The molecule has 0 bridgehead atoms. The minimum absolute atomic E-state index is 0.778. The van der Waals surface area contributed by atoms with Crippen molar-refractivity contribution in [2.45, 2.75) is 0 Å². The number of nitrogens with zero attached hydrogens (tertiary/aromatic N) is 1. The summed E-state index contributed by atoms with van der Waals surface area (Å²) in [4.78, 5) is 0. The summed E-state index contributed by atoms with van der Waals surface area (Å²) in [5.41, 5.74) is 5.86. The largest absolute Gasteiger partial charge is 0.321 e. The van der Waals surface area contributed by atoms with Crippen LogP contribution in [0.25, 0.3) is 0 Å². The number of hydrogen-bond acceptors (Lipinski definition) is 2. The van der Waals surface area contributed by atoms with Crippen molar-refractivity contribution in [2.75, 3.05) is 0 Å². The maximum atomic E-state index is 5.09. The van der Waals surface area contributed by atoms with Gasteiger partial charge in [0.1, 0.15) is 0 Å². The number of nitrogens with two attached hydrogens (primary N) is 1. The van der Waals surface area contributed by atoms with Crippen molar-refractivity contribution in [3.8, 4) is 0 Å². The Labute approximate surface area is 41.5 Å². The van der Waals surface area contributed by atoms with Gasteiger partial charge < -0.3 is 5.73 Å². The highest BCUT2D eigenvalue weighted by Crippen LogP contribution is 1.87. The smallest absolute Gasteiger partial charge is 0.0809 e. The average Bonchev–Trinajstić information content (AvgIpc) is 2.14. The lowest BCUT2D eigenvalue weighted by Gasteiger charge is -1.77. The highest BCUT2D eigenvalue weighted by Gasteiger charge is 1.84. The van der Waals surface area contributed by atoms with E-state index in [9.17, 15) is 0 Å². The van der Waals surface area contributed by atoms with Crippen LogP contribution >= 0.6 is 0 Å². The van der Waals surface area contributed by atoms with Gasteiger partial charge in [-0.05, 0) is 6.07 Å². The van der Waals surface area contributed by atoms with Gasteiger partial charge >= 0.3 is 0 Å². The minimum atomic E-state index is 0.778. The van der Waals surface area contributed by atoms with Gasteiger partial charge in [0.2, 0.25) is 0 Å². The Morgan fingerprint density at radius 3 is 3.00 bits per heavy atom. The Morgan fingerprint density at radius 2 is 2.71 bits per heavy atom. The first-order chi connectivity index (χ1) is 3.43. The molecule has 0 spiro atoms. The fraction of sp³-hybridized carbons (Fsp3) is 0. The van der Waals surface area contributed by atoms with E-state index in [1.807, 2.05) is 0 Å². The molecular weight excluding hydrogens is 90.1 g/mol. The van der Waals surface area contributed by atoms with E-state index >= 15 is 0 Å². The third-order valence-electron chi connectivity index (χ3n) is 0.693. The second-order valence-corrected chi connectivity index (χ2v) is 1.17. The molecule has 1 rings (SSSR count). The number of nitrogens with one attached hydrogen (secondary N) is 1. The van der Waals surface area contributed by atoms with Crippen molar-refractivity contribution in [3.63, 3.8) is 0 Å². The molecule has 0 aliphatic heterocycles. The summed E-state index contributed by atoms with van der Waals surface area (Å²) in [6, 6.07) is 1.79. The van der Waals surface area contributed by atoms with Gasteiger partial charge in [-0.15, -0.1) is 0 Å². The summed E-state index contributed by atoms with van der Waals surface area (Å²) in [6.07, 6.45) is 1.72. The maximum Gasteiger partial charge on any atom is 0.0809 e. The first-order valence-electron chi connectivity index (χ1n) is 1.98. The van der Waals surface area contributed by atoms with Crippen LogP contribution in [0.3, 0.4) is 0 Å². The molecule has 37 valence electrons. The molecule has 0 amide bonds. The molecule has 0 saturated carbocycles. The van der Waals surface area contributed by atoms with Gasteiger partial charge in [0, 0.05) is 6.20 Å². The van der Waals surface area contributed by atoms with Gasteiger partial charge in [-0.25, -0.2) is 0 Å². The molecule has 3 nitrogen and oxygen atoms in total. The topological polar surface area (TPSA) is 54.7 Å². The number of hydrogen-bond donors (Lipinski definition) is 2. The van der Waals surface area contributed by atoms with Crippen molar-refractivity contribution in [2.24, 2.45) is 5.73 Å². The fourth-order valence-corrected chi connectivity index (χ4v) is 0.365. The normalized spacial score (nSPS) is 9.29. The van der Waals surface area contributed by atoms with Crippen molar-refractivity contribution in [3.05, 3.63) is 24.5 Å². The first kappa shape index (κ1) is 4.33. The van der Waals surface area contributed by atoms with E-state index in [0.29, 0.717) is 0 Å². The van der Waals surface area contributed by atoms with Crippen LogP contribution in [0.15, 0.2) is 12.3 Å². The van der Waals surface area contributed by atoms with E-state index in [2.05, 4.69) is 10.2 Å². The number of aromatic nitrogens is 2. The van der Waals surface area contributed by atoms with E-state index in [1.165, 1.54) is 6.54 Å². The quantitative estimate of drug-likeness (QED) is 0.512. The summed E-state index contributed by atoms with van der Waals surface area (Å²) in [5, 5.41) is 6.35. The minimum Gasteiger partial charge on any atom is -0.321 e. The van der Waals surface area contributed by atoms with Gasteiger partial charge in [-0.1, -0.05) is 0 Å². The summed E-state index contributed by atoms with van der Waals surface area (Å²) in [5.74, 6) is 0. The zero-order chi connectivity index (χ0) is 5.11. The van der Waals surface area contributed by atoms with Gasteiger partial charge in [0.25, 0.3) is 0 Å². The van der Waals surface area contributed by atoms with Crippen LogP contribution in [0.2, 0.25) is 0 Å². The molecule has 0 aromatic carbocycles. The van der Waals surface area contributed by atoms with Gasteiger partial charge in [-0.2, -0.15) is 5.10 Å². The maximum absolute atomic E-state index is 5.09. The molecule has 0 atom stereocenters. The number of rotatable bonds is 1. The Kier molecular flexibility index (Phi) is 1.08. The second-order valence-electron chi connectivity index (χ2n) is 1.17. The molecule has 1 aromatic rings. The van der Waals surface area contributed by atoms with Gasteiger partial charge in [0.05, 0.1) is 12.2 Å². The van der Waals surface area contributed by atoms with Gasteiger partial charge in [0.15, 0.2) is 0 Å². The van der Waals surface area contributed by atoms with Crippen molar-refractivity contribution >= 4 is 0 Å². The average molecular weight is 96.1 g/mol. The molecule has 3 heteroatoms. The lowest BCUT2D eigenvalue weighted by molar-refractivity contribution is 1.04. The highest BCUT2D eigenvalue weighted by molar-refractivity contribution is 5.05. The van der Waals surface area contributed by atoms with Crippen LogP contribution in [0.1, 0.15) is 5.69 Å². The molecule has 0 unspecified atom stereocenters. The molecule has 0 fully saturated rings. The summed E-state index contributed by atoms with van der Waals surface area (Å²) in [6.45, 7) is 1.44. The lowest BCUT2D eigenvalue weighted by Crippen LogP contribution is -1.91. The molecule has 0 aliphatic carbocycles. The molecule has 0 saturated heterocycles. The van der Waals surface area contributed by atoms with E-state index in [4.69, 9.17) is 5.73 Å². The van der Waals surface area contributed by atoms with Crippen LogP contribution in [0.4, 0.5) is 0 Å².